The van der Waals surface area contributed by atoms with Gasteiger partial charge in [-0.2, -0.15) is 4.68 Å². The van der Waals surface area contributed by atoms with Crippen molar-refractivity contribution in [3.63, 3.8) is 0 Å². The number of amidine groups is 1. The van der Waals surface area contributed by atoms with Crippen molar-refractivity contribution >= 4 is 23.2 Å². The zero-order chi connectivity index (χ0) is 28.8. The summed E-state index contributed by atoms with van der Waals surface area (Å²) in [6.07, 6.45) is 2.03. The first-order chi connectivity index (χ1) is 19.2. The third-order valence-electron chi connectivity index (χ3n) is 5.93. The van der Waals surface area contributed by atoms with Crippen molar-refractivity contribution in [2.75, 3.05) is 24.3 Å². The zero-order valence-corrected chi connectivity index (χ0v) is 21.9. The van der Waals surface area contributed by atoms with E-state index in [0.717, 1.165) is 10.2 Å². The number of carbonyl (C=O) groups excluding carboxylic acids is 1. The number of aromatic nitrogens is 4. The highest BCUT2D eigenvalue weighted by atomic mass is 19.1. The molecule has 2 aromatic carbocycles. The molecule has 208 valence electrons. The van der Waals surface area contributed by atoms with E-state index in [9.17, 15) is 9.59 Å². The van der Waals surface area contributed by atoms with Gasteiger partial charge in [0.05, 0.1) is 5.69 Å². The molecule has 0 bridgehead atoms. The lowest BCUT2D eigenvalue weighted by Gasteiger charge is -2.21. The summed E-state index contributed by atoms with van der Waals surface area (Å²) in [5.74, 6) is -1.10. The van der Waals surface area contributed by atoms with Gasteiger partial charge in [-0.15, -0.1) is 5.10 Å². The molecule has 13 heteroatoms. The molecule has 12 nitrogen and oxygen atoms in total. The molecule has 1 atom stereocenters. The van der Waals surface area contributed by atoms with Gasteiger partial charge in [-0.05, 0) is 54.4 Å². The van der Waals surface area contributed by atoms with Gasteiger partial charge in [0.15, 0.2) is 23.2 Å². The van der Waals surface area contributed by atoms with Crippen LogP contribution >= 0.6 is 0 Å². The van der Waals surface area contributed by atoms with E-state index < -0.39 is 23.5 Å². The van der Waals surface area contributed by atoms with E-state index in [-0.39, 0.29) is 47.7 Å². The summed E-state index contributed by atoms with van der Waals surface area (Å²) in [6, 6.07) is 12.1. The standard InChI is InChI=1S/C27H29FN8O4/c1-3-16-13-19(22(28)21(14-16)40-12-11-39-15(2)37)23(33-18-8-6-17(7-9-18)24(30)31)25-34-27(38)36(35-25)26-20(29)5-4-10-32-26/h4-10,13-14,23,33H,3,11-12,29H2,1-2H3,(H3,30,31)(H,34,35,38). The quantitative estimate of drug-likeness (QED) is 0.0812. The minimum Gasteiger partial charge on any atom is -0.487 e. The number of benzene rings is 2. The van der Waals surface area contributed by atoms with Crippen LogP contribution in [0.5, 0.6) is 5.75 Å². The predicted molar refractivity (Wildman–Crippen MR) is 147 cm³/mol. The highest BCUT2D eigenvalue weighted by Gasteiger charge is 2.26. The first-order valence-electron chi connectivity index (χ1n) is 12.4. The molecule has 4 rings (SSSR count). The zero-order valence-electron chi connectivity index (χ0n) is 21.9. The molecule has 4 aromatic rings. The van der Waals surface area contributed by atoms with Crippen molar-refractivity contribution in [1.29, 1.82) is 5.41 Å². The number of nitrogens with two attached hydrogens (primary N) is 2. The maximum absolute atomic E-state index is 16.0. The lowest BCUT2D eigenvalue weighted by Crippen LogP contribution is -2.18. The maximum Gasteiger partial charge on any atom is 0.349 e. The van der Waals surface area contributed by atoms with Gasteiger partial charge in [0.2, 0.25) is 0 Å². The van der Waals surface area contributed by atoms with Gasteiger partial charge in [0.1, 0.15) is 25.1 Å². The SMILES string of the molecule is CCc1cc(OCCOC(C)=O)c(F)c(C(Nc2ccc(C(=N)N)cc2)c2nn(-c3ncccc3N)c(=O)[nH]2)c1. The fourth-order valence-corrected chi connectivity index (χ4v) is 3.94. The lowest BCUT2D eigenvalue weighted by molar-refractivity contribution is -0.141. The van der Waals surface area contributed by atoms with E-state index in [4.69, 9.17) is 26.4 Å². The third kappa shape index (κ3) is 6.26. The van der Waals surface area contributed by atoms with Gasteiger partial charge < -0.3 is 26.3 Å². The number of nitrogens with one attached hydrogen (secondary N) is 3. The summed E-state index contributed by atoms with van der Waals surface area (Å²) >= 11 is 0. The molecule has 0 aliphatic carbocycles. The van der Waals surface area contributed by atoms with Gasteiger partial charge in [-0.3, -0.25) is 15.2 Å². The smallest absolute Gasteiger partial charge is 0.349 e. The number of pyridine rings is 1. The van der Waals surface area contributed by atoms with Gasteiger partial charge in [-0.1, -0.05) is 13.0 Å². The van der Waals surface area contributed by atoms with Crippen LogP contribution in [0, 0.1) is 11.2 Å². The Hall–Kier alpha value is -5.20. The molecule has 40 heavy (non-hydrogen) atoms. The fourth-order valence-electron chi connectivity index (χ4n) is 3.94. The third-order valence-corrected chi connectivity index (χ3v) is 5.93. The Morgan fingerprint density at radius 2 is 1.98 bits per heavy atom. The lowest BCUT2D eigenvalue weighted by atomic mass is 10.00. The number of halogens is 1. The molecule has 2 aromatic heterocycles. The Labute approximate surface area is 228 Å². The highest BCUT2D eigenvalue weighted by Crippen LogP contribution is 2.33. The van der Waals surface area contributed by atoms with E-state index in [1.165, 1.54) is 13.1 Å². The molecular weight excluding hydrogens is 519 g/mol. The number of rotatable bonds is 11. The van der Waals surface area contributed by atoms with Crippen LogP contribution in [0.2, 0.25) is 0 Å². The summed E-state index contributed by atoms with van der Waals surface area (Å²) in [7, 11) is 0. The van der Waals surface area contributed by atoms with Crippen LogP contribution in [0.25, 0.3) is 5.82 Å². The van der Waals surface area contributed by atoms with Crippen LogP contribution in [0.4, 0.5) is 15.8 Å². The number of aryl methyl sites for hydroxylation is 1. The second kappa shape index (κ2) is 12.1. The predicted octanol–water partition coefficient (Wildman–Crippen LogP) is 2.67. The summed E-state index contributed by atoms with van der Waals surface area (Å²) in [6.45, 7) is 3.07. The normalized spacial score (nSPS) is 11.6. The van der Waals surface area contributed by atoms with Crippen LogP contribution in [-0.4, -0.2) is 44.8 Å². The van der Waals surface area contributed by atoms with Gasteiger partial charge in [0, 0.05) is 29.9 Å². The molecule has 0 aliphatic heterocycles. The summed E-state index contributed by atoms with van der Waals surface area (Å²) in [4.78, 5) is 30.8. The van der Waals surface area contributed by atoms with Crippen LogP contribution in [0.3, 0.4) is 0 Å². The minimum atomic E-state index is -0.996. The molecule has 0 saturated heterocycles. The molecule has 0 fully saturated rings. The van der Waals surface area contributed by atoms with Gasteiger partial charge in [0.25, 0.3) is 0 Å². The summed E-state index contributed by atoms with van der Waals surface area (Å²) < 4.78 is 27.5. The number of esters is 1. The summed E-state index contributed by atoms with van der Waals surface area (Å²) in [5.41, 5.74) is 13.1. The van der Waals surface area contributed by atoms with E-state index >= 15 is 4.39 Å². The Morgan fingerprint density at radius 3 is 2.62 bits per heavy atom. The highest BCUT2D eigenvalue weighted by molar-refractivity contribution is 5.95. The second-order valence-electron chi connectivity index (χ2n) is 8.75. The van der Waals surface area contributed by atoms with Crippen molar-refractivity contribution in [3.05, 3.63) is 93.5 Å². The van der Waals surface area contributed by atoms with Crippen LogP contribution in [-0.2, 0) is 16.0 Å². The molecule has 0 radical (unpaired) electrons. The van der Waals surface area contributed by atoms with Crippen molar-refractivity contribution in [3.8, 4) is 11.6 Å². The van der Waals surface area contributed by atoms with Gasteiger partial charge >= 0.3 is 11.7 Å². The Bertz CT molecular complexity index is 1580. The molecule has 0 saturated carbocycles. The number of ether oxygens (including phenoxy) is 2. The molecular formula is C27H29FN8O4. The number of carbonyl (C=O) groups is 1. The average molecular weight is 549 g/mol. The van der Waals surface area contributed by atoms with Crippen molar-refractivity contribution in [2.45, 2.75) is 26.3 Å². The Balaban J connectivity index is 1.80. The van der Waals surface area contributed by atoms with Crippen LogP contribution < -0.4 is 27.2 Å². The Kier molecular flexibility index (Phi) is 8.42. The average Bonchev–Trinajstić information content (AvgIpc) is 3.32. The first kappa shape index (κ1) is 27.8. The van der Waals surface area contributed by atoms with Crippen molar-refractivity contribution < 1.29 is 18.7 Å². The molecule has 7 N–H and O–H groups in total. The molecule has 2 heterocycles. The van der Waals surface area contributed by atoms with E-state index in [2.05, 4.69) is 20.4 Å². The number of aromatic amines is 1. The van der Waals surface area contributed by atoms with E-state index in [1.807, 2.05) is 6.92 Å². The van der Waals surface area contributed by atoms with Gasteiger partial charge in [-0.25, -0.2) is 14.2 Å². The van der Waals surface area contributed by atoms with E-state index in [0.29, 0.717) is 17.7 Å². The number of anilines is 2. The number of hydrogen-bond donors (Lipinski definition) is 5. The topological polar surface area (TPSA) is 187 Å². The van der Waals surface area contributed by atoms with Crippen molar-refractivity contribution in [2.24, 2.45) is 5.73 Å². The number of nitrogens with zero attached hydrogens (tertiary/aromatic N) is 3. The second-order valence-corrected chi connectivity index (χ2v) is 8.75. The largest absolute Gasteiger partial charge is 0.487 e. The van der Waals surface area contributed by atoms with Crippen LogP contribution in [0.15, 0.2) is 59.5 Å². The monoisotopic (exact) mass is 548 g/mol. The molecule has 1 unspecified atom stereocenters. The molecule has 0 aliphatic rings. The maximum atomic E-state index is 16.0. The van der Waals surface area contributed by atoms with Crippen molar-refractivity contribution in [1.82, 2.24) is 19.7 Å². The fraction of sp³-hybridized carbons (Fsp3) is 0.222. The number of H-pyrrole nitrogens is 1. The molecule has 0 amide bonds. The van der Waals surface area contributed by atoms with E-state index in [1.54, 1.807) is 48.5 Å². The summed E-state index contributed by atoms with van der Waals surface area (Å²) in [5, 5.41) is 15.2. The Morgan fingerprint density at radius 1 is 1.23 bits per heavy atom. The number of nitrogen functional groups attached to an aromatic ring is 2. The number of hydrogen-bond acceptors (Lipinski definition) is 9. The minimum absolute atomic E-state index is 0.0454. The first-order valence-corrected chi connectivity index (χ1v) is 12.4. The van der Waals surface area contributed by atoms with Crippen LogP contribution in [0.1, 0.15) is 42.4 Å². The molecule has 0 spiro atoms.